The first-order valence-electron chi connectivity index (χ1n) is 10.4. The van der Waals surface area contributed by atoms with Gasteiger partial charge in [-0.25, -0.2) is 0 Å². The number of hydrogen-bond acceptors (Lipinski definition) is 3. The van der Waals surface area contributed by atoms with Gasteiger partial charge < -0.3 is 14.7 Å². The van der Waals surface area contributed by atoms with Gasteiger partial charge in [-0.2, -0.15) is 13.2 Å². The third-order valence-corrected chi connectivity index (χ3v) is 6.38. The summed E-state index contributed by atoms with van der Waals surface area (Å²) >= 11 is 6.19. The third kappa shape index (κ3) is 4.85. The Kier molecular flexibility index (Phi) is 6.33. The number of carbonyl (C=O) groups is 2. The van der Waals surface area contributed by atoms with Gasteiger partial charge in [0.2, 0.25) is 11.8 Å². The number of piperazine rings is 1. The molecule has 1 unspecified atom stereocenters. The van der Waals surface area contributed by atoms with E-state index in [0.29, 0.717) is 50.0 Å². The van der Waals surface area contributed by atoms with E-state index in [0.717, 1.165) is 17.7 Å². The van der Waals surface area contributed by atoms with Crippen molar-refractivity contribution in [2.75, 3.05) is 37.6 Å². The SMILES string of the molecule is O=C1CC(C(=O)N2CCN(c3cccc(C(F)(F)F)c3)CC2)CN1Cc1ccccc1Cl. The molecule has 170 valence electrons. The van der Waals surface area contributed by atoms with Crippen LogP contribution in [0.3, 0.4) is 0 Å². The van der Waals surface area contributed by atoms with Crippen LogP contribution < -0.4 is 4.90 Å². The molecule has 0 aromatic heterocycles. The number of likely N-dealkylation sites (tertiary alicyclic amines) is 1. The molecule has 1 atom stereocenters. The number of halogens is 4. The summed E-state index contributed by atoms with van der Waals surface area (Å²) in [5.41, 5.74) is 0.649. The van der Waals surface area contributed by atoms with Crippen molar-refractivity contribution in [1.82, 2.24) is 9.80 Å². The topological polar surface area (TPSA) is 43.9 Å². The summed E-state index contributed by atoms with van der Waals surface area (Å²) in [6.07, 6.45) is -4.23. The van der Waals surface area contributed by atoms with Crippen LogP contribution in [-0.4, -0.2) is 54.3 Å². The number of hydrogen-bond donors (Lipinski definition) is 0. The molecule has 0 bridgehead atoms. The van der Waals surface area contributed by atoms with Crippen LogP contribution in [0, 0.1) is 5.92 Å². The average molecular weight is 466 g/mol. The average Bonchev–Trinajstić information content (AvgIpc) is 3.14. The monoisotopic (exact) mass is 465 g/mol. The molecule has 9 heteroatoms. The van der Waals surface area contributed by atoms with E-state index in [9.17, 15) is 22.8 Å². The second-order valence-electron chi connectivity index (χ2n) is 8.13. The Morgan fingerprint density at radius 3 is 2.44 bits per heavy atom. The van der Waals surface area contributed by atoms with E-state index in [-0.39, 0.29) is 18.2 Å². The molecular weight excluding hydrogens is 443 g/mol. The minimum atomic E-state index is -4.39. The number of benzene rings is 2. The standard InChI is InChI=1S/C23H23ClF3N3O2/c24-20-7-2-1-4-16(20)14-30-15-17(12-21(30)31)22(32)29-10-8-28(9-11-29)19-6-3-5-18(13-19)23(25,26)27/h1-7,13,17H,8-12,14-15H2. The zero-order valence-corrected chi connectivity index (χ0v) is 18.1. The molecule has 2 amide bonds. The van der Waals surface area contributed by atoms with Gasteiger partial charge in [0.15, 0.2) is 0 Å². The van der Waals surface area contributed by atoms with E-state index in [2.05, 4.69) is 0 Å². The van der Waals surface area contributed by atoms with Gasteiger partial charge in [-0.15, -0.1) is 0 Å². The summed E-state index contributed by atoms with van der Waals surface area (Å²) in [5, 5.41) is 0.584. The molecule has 4 rings (SSSR count). The lowest BCUT2D eigenvalue weighted by molar-refractivity contribution is -0.137. The fourth-order valence-electron chi connectivity index (χ4n) is 4.24. The van der Waals surface area contributed by atoms with Gasteiger partial charge in [0, 0.05) is 56.4 Å². The minimum absolute atomic E-state index is 0.0779. The summed E-state index contributed by atoms with van der Waals surface area (Å²) in [6.45, 7) is 2.41. The van der Waals surface area contributed by atoms with Gasteiger partial charge in [-0.1, -0.05) is 35.9 Å². The molecule has 2 aromatic rings. The highest BCUT2D eigenvalue weighted by Crippen LogP contribution is 2.32. The molecule has 2 fully saturated rings. The van der Waals surface area contributed by atoms with Crippen LogP contribution in [0.4, 0.5) is 18.9 Å². The van der Waals surface area contributed by atoms with E-state index >= 15 is 0 Å². The largest absolute Gasteiger partial charge is 0.416 e. The summed E-state index contributed by atoms with van der Waals surface area (Å²) < 4.78 is 39.0. The number of nitrogens with zero attached hydrogens (tertiary/aromatic N) is 3. The first kappa shape index (κ1) is 22.5. The van der Waals surface area contributed by atoms with E-state index in [1.807, 2.05) is 23.1 Å². The molecular formula is C23H23ClF3N3O2. The third-order valence-electron chi connectivity index (χ3n) is 6.01. The molecule has 2 aliphatic heterocycles. The van der Waals surface area contributed by atoms with Crippen LogP contribution in [0.5, 0.6) is 0 Å². The molecule has 0 N–H and O–H groups in total. The van der Waals surface area contributed by atoms with E-state index < -0.39 is 17.7 Å². The van der Waals surface area contributed by atoms with Crippen LogP contribution in [0.1, 0.15) is 17.5 Å². The highest BCUT2D eigenvalue weighted by Gasteiger charge is 2.37. The van der Waals surface area contributed by atoms with Gasteiger partial charge in [-0.05, 0) is 29.8 Å². The van der Waals surface area contributed by atoms with Crippen molar-refractivity contribution >= 4 is 29.1 Å². The number of rotatable bonds is 4. The van der Waals surface area contributed by atoms with Gasteiger partial charge >= 0.3 is 6.18 Å². The molecule has 0 spiro atoms. The summed E-state index contributed by atoms with van der Waals surface area (Å²) in [7, 11) is 0. The van der Waals surface area contributed by atoms with Gasteiger partial charge in [0.25, 0.3) is 0 Å². The number of alkyl halides is 3. The normalized spacial score (nSPS) is 19.6. The molecule has 5 nitrogen and oxygen atoms in total. The van der Waals surface area contributed by atoms with Crippen LogP contribution in [0.15, 0.2) is 48.5 Å². The van der Waals surface area contributed by atoms with Crippen molar-refractivity contribution < 1.29 is 22.8 Å². The first-order valence-corrected chi connectivity index (χ1v) is 10.8. The molecule has 2 saturated heterocycles. The summed E-state index contributed by atoms with van der Waals surface area (Å²) in [6, 6.07) is 12.5. The number of carbonyl (C=O) groups excluding carboxylic acids is 2. The van der Waals surface area contributed by atoms with E-state index in [1.54, 1.807) is 21.9 Å². The highest BCUT2D eigenvalue weighted by atomic mass is 35.5. The maximum Gasteiger partial charge on any atom is 0.416 e. The summed E-state index contributed by atoms with van der Waals surface area (Å²) in [4.78, 5) is 30.7. The molecule has 0 radical (unpaired) electrons. The zero-order chi connectivity index (χ0) is 22.9. The highest BCUT2D eigenvalue weighted by molar-refractivity contribution is 6.31. The quantitative estimate of drug-likeness (QED) is 0.684. The van der Waals surface area contributed by atoms with Crippen molar-refractivity contribution in [3.63, 3.8) is 0 Å². The maximum absolute atomic E-state index is 13.0. The minimum Gasteiger partial charge on any atom is -0.368 e. The fourth-order valence-corrected chi connectivity index (χ4v) is 4.44. The molecule has 0 saturated carbocycles. The van der Waals surface area contributed by atoms with Crippen molar-refractivity contribution in [2.45, 2.75) is 19.1 Å². The predicted octanol–water partition coefficient (Wildman–Crippen LogP) is 4.06. The van der Waals surface area contributed by atoms with Crippen molar-refractivity contribution in [1.29, 1.82) is 0 Å². The Morgan fingerprint density at radius 1 is 1.03 bits per heavy atom. The van der Waals surface area contributed by atoms with Crippen LogP contribution in [0.25, 0.3) is 0 Å². The molecule has 32 heavy (non-hydrogen) atoms. The Labute approximate surface area is 189 Å². The van der Waals surface area contributed by atoms with Gasteiger partial charge in [0.05, 0.1) is 11.5 Å². The zero-order valence-electron chi connectivity index (χ0n) is 17.3. The predicted molar refractivity (Wildman–Crippen MR) is 115 cm³/mol. The Morgan fingerprint density at radius 2 is 1.75 bits per heavy atom. The molecule has 2 aromatic carbocycles. The Balaban J connectivity index is 1.34. The number of amides is 2. The molecule has 2 aliphatic rings. The second kappa shape index (κ2) is 9.02. The van der Waals surface area contributed by atoms with Gasteiger partial charge in [-0.3, -0.25) is 9.59 Å². The maximum atomic E-state index is 13.0. The molecule has 2 heterocycles. The van der Waals surface area contributed by atoms with Crippen molar-refractivity contribution in [3.8, 4) is 0 Å². The van der Waals surface area contributed by atoms with Crippen LogP contribution >= 0.6 is 11.6 Å². The Hall–Kier alpha value is -2.74. The fraction of sp³-hybridized carbons (Fsp3) is 0.391. The second-order valence-corrected chi connectivity index (χ2v) is 8.53. The van der Waals surface area contributed by atoms with Crippen molar-refractivity contribution in [3.05, 3.63) is 64.7 Å². The van der Waals surface area contributed by atoms with Crippen LogP contribution in [0.2, 0.25) is 5.02 Å². The van der Waals surface area contributed by atoms with Crippen LogP contribution in [-0.2, 0) is 22.3 Å². The van der Waals surface area contributed by atoms with E-state index in [4.69, 9.17) is 11.6 Å². The van der Waals surface area contributed by atoms with E-state index in [1.165, 1.54) is 6.07 Å². The lowest BCUT2D eigenvalue weighted by atomic mass is 10.1. The smallest absolute Gasteiger partial charge is 0.368 e. The first-order chi connectivity index (χ1) is 15.2. The summed E-state index contributed by atoms with van der Waals surface area (Å²) in [5.74, 6) is -0.570. The van der Waals surface area contributed by atoms with Crippen molar-refractivity contribution in [2.24, 2.45) is 5.92 Å². The van der Waals surface area contributed by atoms with Gasteiger partial charge in [0.1, 0.15) is 0 Å². The lowest BCUT2D eigenvalue weighted by Gasteiger charge is -2.37. The molecule has 0 aliphatic carbocycles. The lowest BCUT2D eigenvalue weighted by Crippen LogP contribution is -2.50. The number of anilines is 1. The Bertz CT molecular complexity index is 1010.